The van der Waals surface area contributed by atoms with Crippen LogP contribution in [0.3, 0.4) is 0 Å². The van der Waals surface area contributed by atoms with Crippen molar-refractivity contribution in [3.05, 3.63) is 39.8 Å². The van der Waals surface area contributed by atoms with Gasteiger partial charge in [-0.1, -0.05) is 31.9 Å². The summed E-state index contributed by atoms with van der Waals surface area (Å²) >= 11 is 8.25. The van der Waals surface area contributed by atoms with E-state index in [9.17, 15) is 14.9 Å². The SMILES string of the molecule is C[C@]1(C(=O)Nc2nc(-c3ccc([N+](=O)[O-])cc3)cs2)CC1(Br)Br. The van der Waals surface area contributed by atoms with E-state index in [2.05, 4.69) is 42.2 Å². The maximum atomic E-state index is 12.3. The van der Waals surface area contributed by atoms with Crippen LogP contribution in [0.5, 0.6) is 0 Å². The number of benzene rings is 1. The fourth-order valence-electron chi connectivity index (χ4n) is 2.10. The van der Waals surface area contributed by atoms with E-state index in [-0.39, 0.29) is 14.8 Å². The third kappa shape index (κ3) is 3.05. The number of carbonyl (C=O) groups is 1. The molecule has 3 rings (SSSR count). The molecule has 0 unspecified atom stereocenters. The predicted molar refractivity (Wildman–Crippen MR) is 96.1 cm³/mol. The van der Waals surface area contributed by atoms with Crippen molar-refractivity contribution in [1.29, 1.82) is 0 Å². The Morgan fingerprint density at radius 2 is 2.00 bits per heavy atom. The third-order valence-electron chi connectivity index (χ3n) is 3.86. The van der Waals surface area contributed by atoms with Crippen molar-refractivity contribution in [3.8, 4) is 11.3 Å². The zero-order valence-corrected chi connectivity index (χ0v) is 15.9. The van der Waals surface area contributed by atoms with Crippen LogP contribution in [0.2, 0.25) is 0 Å². The lowest BCUT2D eigenvalue weighted by Crippen LogP contribution is -2.25. The Balaban J connectivity index is 1.73. The highest BCUT2D eigenvalue weighted by atomic mass is 79.9. The summed E-state index contributed by atoms with van der Waals surface area (Å²) in [6.45, 7) is 1.87. The lowest BCUT2D eigenvalue weighted by Gasteiger charge is -2.10. The van der Waals surface area contributed by atoms with Crippen LogP contribution in [0.1, 0.15) is 13.3 Å². The van der Waals surface area contributed by atoms with Crippen molar-refractivity contribution in [3.63, 3.8) is 0 Å². The van der Waals surface area contributed by atoms with Crippen LogP contribution in [0.15, 0.2) is 29.6 Å². The van der Waals surface area contributed by atoms with Crippen LogP contribution >= 0.6 is 43.2 Å². The maximum Gasteiger partial charge on any atom is 0.269 e. The molecule has 23 heavy (non-hydrogen) atoms. The van der Waals surface area contributed by atoms with Gasteiger partial charge in [0.1, 0.15) is 0 Å². The number of nitrogens with zero attached hydrogens (tertiary/aromatic N) is 2. The Labute approximate surface area is 152 Å². The second-order valence-electron chi connectivity index (χ2n) is 5.51. The summed E-state index contributed by atoms with van der Waals surface area (Å²) in [4.78, 5) is 26.9. The molecule has 1 aromatic heterocycles. The Kier molecular flexibility index (Phi) is 4.06. The zero-order chi connectivity index (χ0) is 16.8. The van der Waals surface area contributed by atoms with Gasteiger partial charge in [0.2, 0.25) is 5.91 Å². The smallest absolute Gasteiger partial charge is 0.269 e. The normalized spacial score (nSPS) is 21.7. The standard InChI is InChI=1S/C14H11Br2N3O3S/c1-13(7-14(13,15)16)11(20)18-12-17-10(6-23-12)8-2-4-9(5-3-8)19(21)22/h2-6H,7H2,1H3,(H,17,18,20)/t13-/m1/s1. The van der Waals surface area contributed by atoms with Gasteiger partial charge in [0.05, 0.1) is 19.3 Å². The second kappa shape index (κ2) is 5.64. The summed E-state index contributed by atoms with van der Waals surface area (Å²) in [5, 5.41) is 15.8. The number of thiazole rings is 1. The van der Waals surface area contributed by atoms with Gasteiger partial charge in [-0.25, -0.2) is 4.98 Å². The Morgan fingerprint density at radius 1 is 1.39 bits per heavy atom. The van der Waals surface area contributed by atoms with Crippen LogP contribution in [-0.4, -0.2) is 19.0 Å². The maximum absolute atomic E-state index is 12.3. The van der Waals surface area contributed by atoms with E-state index in [1.807, 2.05) is 12.3 Å². The van der Waals surface area contributed by atoms with Gasteiger partial charge in [-0.05, 0) is 25.5 Å². The molecule has 1 fully saturated rings. The second-order valence-corrected chi connectivity index (χ2v) is 10.1. The van der Waals surface area contributed by atoms with Crippen molar-refractivity contribution >= 4 is 59.9 Å². The first kappa shape index (κ1) is 16.5. The first-order valence-electron chi connectivity index (χ1n) is 6.63. The molecule has 1 aromatic carbocycles. The monoisotopic (exact) mass is 459 g/mol. The van der Waals surface area contributed by atoms with E-state index >= 15 is 0 Å². The summed E-state index contributed by atoms with van der Waals surface area (Å²) in [7, 11) is 0. The molecule has 6 nitrogen and oxygen atoms in total. The van der Waals surface area contributed by atoms with Gasteiger partial charge >= 0.3 is 0 Å². The number of nitro benzene ring substituents is 1. The summed E-state index contributed by atoms with van der Waals surface area (Å²) in [5.41, 5.74) is 0.960. The fraction of sp³-hybridized carbons (Fsp3) is 0.286. The van der Waals surface area contributed by atoms with Gasteiger partial charge in [-0.3, -0.25) is 14.9 Å². The molecule has 0 bridgehead atoms. The number of halogens is 2. The topological polar surface area (TPSA) is 85.1 Å². The fourth-order valence-corrected chi connectivity index (χ4v) is 4.30. The number of non-ortho nitro benzene ring substituents is 1. The zero-order valence-electron chi connectivity index (χ0n) is 11.9. The van der Waals surface area contributed by atoms with E-state index in [0.717, 1.165) is 5.56 Å². The summed E-state index contributed by atoms with van der Waals surface area (Å²) in [6, 6.07) is 6.15. The van der Waals surface area contributed by atoms with Crippen LogP contribution in [0.25, 0.3) is 11.3 Å². The van der Waals surface area contributed by atoms with Gasteiger partial charge in [0.25, 0.3) is 5.69 Å². The van der Waals surface area contributed by atoms with E-state index in [4.69, 9.17) is 0 Å². The van der Waals surface area contributed by atoms with E-state index in [1.54, 1.807) is 12.1 Å². The number of carbonyl (C=O) groups excluding carboxylic acids is 1. The highest BCUT2D eigenvalue weighted by Crippen LogP contribution is 2.66. The summed E-state index contributed by atoms with van der Waals surface area (Å²) < 4.78 is -0.352. The number of amides is 1. The Hall–Kier alpha value is -1.32. The molecule has 1 atom stereocenters. The molecule has 1 amide bonds. The highest BCUT2D eigenvalue weighted by molar-refractivity contribution is 9.25. The van der Waals surface area contributed by atoms with Crippen molar-refractivity contribution in [2.24, 2.45) is 5.41 Å². The molecule has 1 aliphatic carbocycles. The molecule has 2 aromatic rings. The quantitative estimate of drug-likeness (QED) is 0.412. The average molecular weight is 461 g/mol. The number of rotatable bonds is 4. The lowest BCUT2D eigenvalue weighted by molar-refractivity contribution is -0.384. The molecular formula is C14H11Br2N3O3S. The number of hydrogen-bond acceptors (Lipinski definition) is 5. The number of hydrogen-bond donors (Lipinski definition) is 1. The minimum atomic E-state index is -0.508. The lowest BCUT2D eigenvalue weighted by atomic mass is 10.1. The van der Waals surface area contributed by atoms with Gasteiger partial charge < -0.3 is 5.32 Å². The van der Waals surface area contributed by atoms with Crippen molar-refractivity contribution in [2.45, 2.75) is 16.6 Å². The molecule has 1 N–H and O–H groups in total. The minimum Gasteiger partial charge on any atom is -0.301 e. The highest BCUT2D eigenvalue weighted by Gasteiger charge is 2.66. The van der Waals surface area contributed by atoms with Gasteiger partial charge in [-0.2, -0.15) is 0 Å². The van der Waals surface area contributed by atoms with Gasteiger partial charge in [0, 0.05) is 23.1 Å². The molecular weight excluding hydrogens is 450 g/mol. The molecule has 1 saturated carbocycles. The Morgan fingerprint density at radius 3 is 2.52 bits per heavy atom. The van der Waals surface area contributed by atoms with E-state index < -0.39 is 10.3 Å². The van der Waals surface area contributed by atoms with Crippen LogP contribution < -0.4 is 5.32 Å². The number of anilines is 1. The number of nitrogens with one attached hydrogen (secondary N) is 1. The number of nitro groups is 1. The van der Waals surface area contributed by atoms with Gasteiger partial charge in [0.15, 0.2) is 5.13 Å². The molecule has 120 valence electrons. The molecule has 1 aliphatic rings. The van der Waals surface area contributed by atoms with Gasteiger partial charge in [-0.15, -0.1) is 11.3 Å². The van der Waals surface area contributed by atoms with Crippen molar-refractivity contribution in [2.75, 3.05) is 5.32 Å². The van der Waals surface area contributed by atoms with Crippen molar-refractivity contribution in [1.82, 2.24) is 4.98 Å². The predicted octanol–water partition coefficient (Wildman–Crippen LogP) is 4.55. The molecule has 1 heterocycles. The summed E-state index contributed by atoms with van der Waals surface area (Å²) in [5.74, 6) is -0.101. The van der Waals surface area contributed by atoms with E-state index in [1.165, 1.54) is 23.5 Å². The first-order chi connectivity index (χ1) is 10.7. The van der Waals surface area contributed by atoms with Crippen LogP contribution in [0.4, 0.5) is 10.8 Å². The molecule has 0 aliphatic heterocycles. The summed E-state index contributed by atoms with van der Waals surface area (Å²) in [6.07, 6.45) is 0.701. The third-order valence-corrected chi connectivity index (χ3v) is 6.93. The molecule has 0 radical (unpaired) electrons. The van der Waals surface area contributed by atoms with E-state index in [0.29, 0.717) is 17.2 Å². The van der Waals surface area contributed by atoms with Crippen molar-refractivity contribution < 1.29 is 9.72 Å². The minimum absolute atomic E-state index is 0.0325. The number of alkyl halides is 2. The Bertz CT molecular complexity index is 791. The van der Waals surface area contributed by atoms with Crippen LogP contribution in [-0.2, 0) is 4.79 Å². The van der Waals surface area contributed by atoms with Crippen LogP contribution in [0, 0.1) is 15.5 Å². The number of aromatic nitrogens is 1. The first-order valence-corrected chi connectivity index (χ1v) is 9.09. The molecule has 0 saturated heterocycles. The average Bonchev–Trinajstić information content (AvgIpc) is 2.86. The largest absolute Gasteiger partial charge is 0.301 e. The molecule has 0 spiro atoms. The molecule has 9 heteroatoms.